The Hall–Kier alpha value is -1.31. The minimum absolute atomic E-state index is 0.0197. The minimum Gasteiger partial charge on any atom is -0.402 e. The van der Waals surface area contributed by atoms with Crippen LogP contribution in [-0.4, -0.2) is 5.78 Å². The molecule has 0 aromatic heterocycles. The molecule has 0 aromatic carbocycles. The predicted octanol–water partition coefficient (Wildman–Crippen LogP) is 1.94. The lowest BCUT2D eigenvalue weighted by atomic mass is 10.1. The highest BCUT2D eigenvalue weighted by Crippen LogP contribution is 2.02. The zero-order chi connectivity index (χ0) is 9.72. The van der Waals surface area contributed by atoms with Crippen LogP contribution in [0, 0.1) is 0 Å². The first kappa shape index (κ1) is 10.7. The zero-order valence-electron chi connectivity index (χ0n) is 7.85. The SMILES string of the molecule is C=C(/C=C\C(C)=C(\C)N)C(C)=O. The van der Waals surface area contributed by atoms with Gasteiger partial charge in [-0.3, -0.25) is 4.79 Å². The standard InChI is InChI=1S/C10H15NO/c1-7(9(3)11)5-6-8(2)10(4)12/h5-6H,2,11H2,1,3-4H3/b6-5-,9-7-. The van der Waals surface area contributed by atoms with E-state index < -0.39 is 0 Å². The summed E-state index contributed by atoms with van der Waals surface area (Å²) >= 11 is 0. The Labute approximate surface area is 73.5 Å². The maximum atomic E-state index is 10.7. The summed E-state index contributed by atoms with van der Waals surface area (Å²) in [6.45, 7) is 8.78. The van der Waals surface area contributed by atoms with Gasteiger partial charge >= 0.3 is 0 Å². The summed E-state index contributed by atoms with van der Waals surface area (Å²) < 4.78 is 0. The van der Waals surface area contributed by atoms with Crippen molar-refractivity contribution in [3.63, 3.8) is 0 Å². The van der Waals surface area contributed by atoms with Crippen LogP contribution in [0.2, 0.25) is 0 Å². The molecule has 0 heterocycles. The maximum absolute atomic E-state index is 10.7. The third kappa shape index (κ3) is 3.76. The molecule has 0 aliphatic carbocycles. The van der Waals surface area contributed by atoms with Crippen LogP contribution in [0.1, 0.15) is 20.8 Å². The fourth-order valence-corrected chi connectivity index (χ4v) is 0.474. The van der Waals surface area contributed by atoms with Crippen LogP contribution in [0.25, 0.3) is 0 Å². The van der Waals surface area contributed by atoms with Gasteiger partial charge in [-0.15, -0.1) is 0 Å². The molecule has 0 amide bonds. The Kier molecular flexibility index (Phi) is 4.05. The van der Waals surface area contributed by atoms with E-state index in [1.165, 1.54) is 6.92 Å². The van der Waals surface area contributed by atoms with E-state index in [1.54, 1.807) is 12.2 Å². The number of carbonyl (C=O) groups excluding carboxylic acids is 1. The molecule has 0 saturated heterocycles. The first-order valence-electron chi connectivity index (χ1n) is 3.76. The molecule has 0 fully saturated rings. The van der Waals surface area contributed by atoms with E-state index >= 15 is 0 Å². The van der Waals surface area contributed by atoms with Gasteiger partial charge in [-0.1, -0.05) is 18.7 Å². The van der Waals surface area contributed by atoms with Crippen LogP contribution >= 0.6 is 0 Å². The Balaban J connectivity index is 4.37. The lowest BCUT2D eigenvalue weighted by Gasteiger charge is -1.95. The van der Waals surface area contributed by atoms with Crippen molar-refractivity contribution < 1.29 is 4.79 Å². The molecule has 0 spiro atoms. The van der Waals surface area contributed by atoms with Crippen LogP contribution in [0.5, 0.6) is 0 Å². The van der Waals surface area contributed by atoms with Crippen molar-refractivity contribution >= 4 is 5.78 Å². The monoisotopic (exact) mass is 165 g/mol. The quantitative estimate of drug-likeness (QED) is 0.513. The van der Waals surface area contributed by atoms with E-state index in [1.807, 2.05) is 13.8 Å². The molecule has 0 saturated carbocycles. The molecule has 0 rings (SSSR count). The first-order valence-corrected chi connectivity index (χ1v) is 3.76. The maximum Gasteiger partial charge on any atom is 0.159 e. The summed E-state index contributed by atoms with van der Waals surface area (Å²) in [7, 11) is 0. The number of allylic oxidation sites excluding steroid dienone is 5. The van der Waals surface area contributed by atoms with Gasteiger partial charge in [0.25, 0.3) is 0 Å². The number of hydrogen-bond donors (Lipinski definition) is 1. The molecule has 0 bridgehead atoms. The average Bonchev–Trinajstić information content (AvgIpc) is 1.98. The van der Waals surface area contributed by atoms with Gasteiger partial charge in [-0.2, -0.15) is 0 Å². The van der Waals surface area contributed by atoms with Gasteiger partial charge in [0.1, 0.15) is 0 Å². The van der Waals surface area contributed by atoms with E-state index in [0.29, 0.717) is 5.57 Å². The fraction of sp³-hybridized carbons (Fsp3) is 0.300. The summed E-state index contributed by atoms with van der Waals surface area (Å²) in [6, 6.07) is 0. The second-order valence-electron chi connectivity index (χ2n) is 2.78. The van der Waals surface area contributed by atoms with Gasteiger partial charge in [0.2, 0.25) is 0 Å². The third-order valence-electron chi connectivity index (χ3n) is 1.61. The van der Waals surface area contributed by atoms with Crippen LogP contribution in [0.15, 0.2) is 35.6 Å². The van der Waals surface area contributed by atoms with E-state index in [9.17, 15) is 4.79 Å². The molecule has 2 nitrogen and oxygen atoms in total. The Morgan fingerprint density at radius 3 is 2.08 bits per heavy atom. The number of ketones is 1. The van der Waals surface area contributed by atoms with Crippen molar-refractivity contribution in [1.82, 2.24) is 0 Å². The lowest BCUT2D eigenvalue weighted by Crippen LogP contribution is -1.94. The smallest absolute Gasteiger partial charge is 0.159 e. The molecular weight excluding hydrogens is 150 g/mol. The van der Waals surface area contributed by atoms with Gasteiger partial charge in [-0.05, 0) is 26.3 Å². The topological polar surface area (TPSA) is 43.1 Å². The van der Waals surface area contributed by atoms with Crippen molar-refractivity contribution in [2.45, 2.75) is 20.8 Å². The molecule has 66 valence electrons. The number of nitrogens with two attached hydrogens (primary N) is 1. The molecule has 0 aromatic rings. The first-order chi connectivity index (χ1) is 5.45. The fourth-order valence-electron chi connectivity index (χ4n) is 0.474. The second kappa shape index (κ2) is 4.54. The van der Waals surface area contributed by atoms with E-state index in [4.69, 9.17) is 5.73 Å². The highest BCUT2D eigenvalue weighted by atomic mass is 16.1. The van der Waals surface area contributed by atoms with Crippen LogP contribution in [0.3, 0.4) is 0 Å². The Bertz CT molecular complexity index is 255. The molecule has 2 heteroatoms. The lowest BCUT2D eigenvalue weighted by molar-refractivity contribution is -0.113. The number of carbonyl (C=O) groups is 1. The van der Waals surface area contributed by atoms with Gasteiger partial charge in [0.15, 0.2) is 5.78 Å². The van der Waals surface area contributed by atoms with Gasteiger partial charge in [0, 0.05) is 11.3 Å². The highest BCUT2D eigenvalue weighted by Gasteiger charge is 1.93. The van der Waals surface area contributed by atoms with Crippen molar-refractivity contribution in [1.29, 1.82) is 0 Å². The summed E-state index contributed by atoms with van der Waals surface area (Å²) in [5.41, 5.74) is 7.72. The molecular formula is C10H15NO. The zero-order valence-corrected chi connectivity index (χ0v) is 7.85. The van der Waals surface area contributed by atoms with E-state index in [-0.39, 0.29) is 5.78 Å². The largest absolute Gasteiger partial charge is 0.402 e. The van der Waals surface area contributed by atoms with Gasteiger partial charge in [-0.25, -0.2) is 0 Å². The summed E-state index contributed by atoms with van der Waals surface area (Å²) in [5, 5.41) is 0. The molecule has 12 heavy (non-hydrogen) atoms. The molecule has 0 unspecified atom stereocenters. The van der Waals surface area contributed by atoms with Crippen LogP contribution in [0.4, 0.5) is 0 Å². The summed E-state index contributed by atoms with van der Waals surface area (Å²) in [4.78, 5) is 10.7. The summed E-state index contributed by atoms with van der Waals surface area (Å²) in [6.07, 6.45) is 3.47. The number of rotatable bonds is 3. The van der Waals surface area contributed by atoms with Crippen molar-refractivity contribution in [2.75, 3.05) is 0 Å². The van der Waals surface area contributed by atoms with Gasteiger partial charge < -0.3 is 5.73 Å². The minimum atomic E-state index is -0.0197. The van der Waals surface area contributed by atoms with Crippen molar-refractivity contribution in [3.8, 4) is 0 Å². The highest BCUT2D eigenvalue weighted by molar-refractivity contribution is 5.95. The Morgan fingerprint density at radius 1 is 1.25 bits per heavy atom. The van der Waals surface area contributed by atoms with E-state index in [2.05, 4.69) is 6.58 Å². The van der Waals surface area contributed by atoms with Gasteiger partial charge in [0.05, 0.1) is 0 Å². The normalized spacial score (nSPS) is 12.9. The third-order valence-corrected chi connectivity index (χ3v) is 1.61. The predicted molar refractivity (Wildman–Crippen MR) is 51.5 cm³/mol. The molecule has 0 radical (unpaired) electrons. The molecule has 2 N–H and O–H groups in total. The molecule has 0 aliphatic rings. The number of hydrogen-bond acceptors (Lipinski definition) is 2. The van der Waals surface area contributed by atoms with Crippen LogP contribution in [-0.2, 0) is 4.79 Å². The molecule has 0 atom stereocenters. The van der Waals surface area contributed by atoms with Crippen molar-refractivity contribution in [3.05, 3.63) is 35.6 Å². The summed E-state index contributed by atoms with van der Waals surface area (Å²) in [5.74, 6) is -0.0197. The second-order valence-corrected chi connectivity index (χ2v) is 2.78. The van der Waals surface area contributed by atoms with Crippen LogP contribution < -0.4 is 5.73 Å². The van der Waals surface area contributed by atoms with Crippen molar-refractivity contribution in [2.24, 2.45) is 5.73 Å². The Morgan fingerprint density at radius 2 is 1.75 bits per heavy atom. The average molecular weight is 165 g/mol. The van der Waals surface area contributed by atoms with E-state index in [0.717, 1.165) is 11.3 Å². The number of Topliss-reactive ketones (excluding diaryl/α,β-unsaturated/α-hetero) is 1. The molecule has 0 aliphatic heterocycles.